The molecule has 1 fully saturated rings. The Balaban J connectivity index is 2.47. The van der Waals surface area contributed by atoms with Crippen LogP contribution in [-0.2, 0) is 0 Å². The lowest BCUT2D eigenvalue weighted by Crippen LogP contribution is -2.30. The van der Waals surface area contributed by atoms with E-state index in [0.29, 0.717) is 11.4 Å². The van der Waals surface area contributed by atoms with E-state index >= 15 is 0 Å². The van der Waals surface area contributed by atoms with Crippen LogP contribution in [0.5, 0.6) is 0 Å². The second-order valence-corrected chi connectivity index (χ2v) is 4.37. The van der Waals surface area contributed by atoms with Crippen LogP contribution in [0.25, 0.3) is 0 Å². The molecular weight excluding hydrogens is 184 g/mol. The molecule has 2 N–H and O–H groups in total. The number of hydrogen-bond donors (Lipinski definition) is 1. The third-order valence-electron chi connectivity index (χ3n) is 2.81. The zero-order chi connectivity index (χ0) is 9.73. The highest BCUT2D eigenvalue weighted by Crippen LogP contribution is 2.35. The Morgan fingerprint density at radius 2 is 2.00 bits per heavy atom. The van der Waals surface area contributed by atoms with Gasteiger partial charge in [-0.3, -0.25) is 0 Å². The summed E-state index contributed by atoms with van der Waals surface area (Å²) in [6.07, 6.45) is 6.68. The molecule has 0 aromatic rings. The highest BCUT2D eigenvalue weighted by molar-refractivity contribution is 7.80. The zero-order valence-electron chi connectivity index (χ0n) is 7.79. The first-order valence-electron chi connectivity index (χ1n) is 4.81. The van der Waals surface area contributed by atoms with E-state index < -0.39 is 0 Å². The average Bonchev–Trinajstić information content (AvgIpc) is 2.16. The Kier molecular flexibility index (Phi) is 3.78. The lowest BCUT2D eigenvalue weighted by atomic mass is 9.79. The van der Waals surface area contributed by atoms with Crippen molar-refractivity contribution in [1.82, 2.24) is 0 Å². The molecule has 0 amide bonds. The van der Waals surface area contributed by atoms with E-state index in [1.54, 1.807) is 0 Å². The molecule has 0 bridgehead atoms. The Morgan fingerprint density at radius 3 is 2.46 bits per heavy atom. The predicted molar refractivity (Wildman–Crippen MR) is 57.6 cm³/mol. The third kappa shape index (κ3) is 3.03. The van der Waals surface area contributed by atoms with E-state index in [-0.39, 0.29) is 5.54 Å². The third-order valence-corrected chi connectivity index (χ3v) is 3.02. The van der Waals surface area contributed by atoms with E-state index in [0.717, 1.165) is 32.1 Å². The molecule has 0 radical (unpaired) electrons. The van der Waals surface area contributed by atoms with E-state index in [2.05, 4.69) is 5.18 Å². The summed E-state index contributed by atoms with van der Waals surface area (Å²) in [4.78, 5) is 11.3. The second-order valence-electron chi connectivity index (χ2n) is 3.84. The molecule has 0 unspecified atom stereocenters. The van der Waals surface area contributed by atoms with Gasteiger partial charge in [0.2, 0.25) is 0 Å². The van der Waals surface area contributed by atoms with Crippen LogP contribution in [0, 0.1) is 4.91 Å². The van der Waals surface area contributed by atoms with Crippen LogP contribution < -0.4 is 5.73 Å². The van der Waals surface area contributed by atoms with Crippen molar-refractivity contribution in [3.05, 3.63) is 4.91 Å². The van der Waals surface area contributed by atoms with Crippen LogP contribution in [0.2, 0.25) is 0 Å². The monoisotopic (exact) mass is 200 g/mol. The van der Waals surface area contributed by atoms with Gasteiger partial charge in [-0.1, -0.05) is 36.7 Å². The summed E-state index contributed by atoms with van der Waals surface area (Å²) < 4.78 is 0. The van der Waals surface area contributed by atoms with Crippen LogP contribution in [-0.4, -0.2) is 10.5 Å². The predicted octanol–water partition coefficient (Wildman–Crippen LogP) is 2.52. The maximum absolute atomic E-state index is 10.8. The lowest BCUT2D eigenvalue weighted by molar-refractivity contribution is 0.282. The van der Waals surface area contributed by atoms with Crippen LogP contribution >= 0.6 is 12.2 Å². The molecule has 1 saturated carbocycles. The summed E-state index contributed by atoms with van der Waals surface area (Å²) in [5.41, 5.74) is 5.07. The summed E-state index contributed by atoms with van der Waals surface area (Å²) in [5, 5.41) is 3.29. The zero-order valence-corrected chi connectivity index (χ0v) is 8.61. The fourth-order valence-corrected chi connectivity index (χ4v) is 2.05. The molecule has 1 rings (SSSR count). The molecule has 0 spiro atoms. The van der Waals surface area contributed by atoms with Crippen molar-refractivity contribution < 1.29 is 0 Å². The number of thiocarbonyl (C=S) groups is 1. The largest absolute Gasteiger partial charge is 0.393 e. The summed E-state index contributed by atoms with van der Waals surface area (Å²) in [5.74, 6) is 0. The van der Waals surface area contributed by atoms with E-state index in [4.69, 9.17) is 18.0 Å². The molecule has 13 heavy (non-hydrogen) atoms. The number of hydrogen-bond acceptors (Lipinski definition) is 3. The van der Waals surface area contributed by atoms with Crippen LogP contribution in [0.1, 0.15) is 44.9 Å². The summed E-state index contributed by atoms with van der Waals surface area (Å²) >= 11 is 4.80. The van der Waals surface area contributed by atoms with E-state index in [1.807, 2.05) is 0 Å². The molecule has 1 aliphatic rings. The first-order chi connectivity index (χ1) is 6.18. The molecular formula is C9H16N2OS. The van der Waals surface area contributed by atoms with Gasteiger partial charge in [0.25, 0.3) is 0 Å². The molecule has 1 aliphatic carbocycles. The van der Waals surface area contributed by atoms with Crippen molar-refractivity contribution in [3.63, 3.8) is 0 Å². The van der Waals surface area contributed by atoms with Crippen molar-refractivity contribution in [2.45, 2.75) is 50.5 Å². The minimum atomic E-state index is -0.346. The van der Waals surface area contributed by atoms with Crippen molar-refractivity contribution in [2.24, 2.45) is 10.9 Å². The van der Waals surface area contributed by atoms with Crippen LogP contribution in [0.4, 0.5) is 0 Å². The Hall–Kier alpha value is -0.510. The summed E-state index contributed by atoms with van der Waals surface area (Å²) in [7, 11) is 0. The minimum absolute atomic E-state index is 0.346. The maximum Gasteiger partial charge on any atom is 0.103 e. The molecule has 0 heterocycles. The summed E-state index contributed by atoms with van der Waals surface area (Å²) in [6.45, 7) is 0. The normalized spacial score (nSPS) is 20.9. The fraction of sp³-hybridized carbons (Fsp3) is 0.889. The van der Waals surface area contributed by atoms with Crippen molar-refractivity contribution in [1.29, 1.82) is 0 Å². The standard InChI is InChI=1S/C9H16N2OS/c10-8(13)4-7-9(11-12)5-2-1-3-6-9/h1-7H2,(H2,10,13). The molecule has 0 aromatic heterocycles. The van der Waals surface area contributed by atoms with Crippen molar-refractivity contribution >= 4 is 17.2 Å². The van der Waals surface area contributed by atoms with Gasteiger partial charge < -0.3 is 5.73 Å². The molecule has 74 valence electrons. The number of nitroso groups, excluding NO2 is 1. The molecule has 4 heteroatoms. The Bertz CT molecular complexity index is 200. The molecule has 0 saturated heterocycles. The number of nitrogens with zero attached hydrogens (tertiary/aromatic N) is 1. The average molecular weight is 200 g/mol. The first-order valence-corrected chi connectivity index (χ1v) is 5.22. The van der Waals surface area contributed by atoms with E-state index in [1.165, 1.54) is 6.42 Å². The fourth-order valence-electron chi connectivity index (χ4n) is 1.95. The first kappa shape index (κ1) is 10.6. The van der Waals surface area contributed by atoms with Crippen molar-refractivity contribution in [3.8, 4) is 0 Å². The molecule has 3 nitrogen and oxygen atoms in total. The highest BCUT2D eigenvalue weighted by Gasteiger charge is 2.32. The van der Waals surface area contributed by atoms with Gasteiger partial charge in [0.1, 0.15) is 5.54 Å². The quantitative estimate of drug-likeness (QED) is 0.560. The summed E-state index contributed by atoms with van der Waals surface area (Å²) in [6, 6.07) is 0. The van der Waals surface area contributed by atoms with Gasteiger partial charge in [-0.15, -0.1) is 0 Å². The van der Waals surface area contributed by atoms with Crippen LogP contribution in [0.3, 0.4) is 0 Å². The van der Waals surface area contributed by atoms with Gasteiger partial charge in [-0.2, -0.15) is 4.91 Å². The minimum Gasteiger partial charge on any atom is -0.393 e. The highest BCUT2D eigenvalue weighted by atomic mass is 32.1. The van der Waals surface area contributed by atoms with Gasteiger partial charge in [-0.05, 0) is 25.7 Å². The van der Waals surface area contributed by atoms with Crippen LogP contribution in [0.15, 0.2) is 5.18 Å². The smallest absolute Gasteiger partial charge is 0.103 e. The topological polar surface area (TPSA) is 55.4 Å². The SMILES string of the molecule is NC(=S)CCC1(N=O)CCCCC1. The number of nitrogens with two attached hydrogens (primary N) is 1. The van der Waals surface area contributed by atoms with Gasteiger partial charge >= 0.3 is 0 Å². The Labute approximate surface area is 84.0 Å². The van der Waals surface area contributed by atoms with Gasteiger partial charge in [0, 0.05) is 0 Å². The second kappa shape index (κ2) is 4.65. The van der Waals surface area contributed by atoms with Gasteiger partial charge in [-0.25, -0.2) is 0 Å². The molecule has 0 aliphatic heterocycles. The van der Waals surface area contributed by atoms with Crippen molar-refractivity contribution in [2.75, 3.05) is 0 Å². The van der Waals surface area contributed by atoms with Gasteiger partial charge in [0.05, 0.1) is 4.99 Å². The van der Waals surface area contributed by atoms with Gasteiger partial charge in [0.15, 0.2) is 0 Å². The molecule has 0 aromatic carbocycles. The maximum atomic E-state index is 10.8. The molecule has 0 atom stereocenters. The lowest BCUT2D eigenvalue weighted by Gasteiger charge is -2.29. The number of rotatable bonds is 4. The van der Waals surface area contributed by atoms with E-state index in [9.17, 15) is 4.91 Å². The Morgan fingerprint density at radius 1 is 1.38 bits per heavy atom.